The van der Waals surface area contributed by atoms with Crippen LogP contribution in [-0.4, -0.2) is 21.3 Å². The number of hydrogen-bond donors (Lipinski definition) is 3. The summed E-state index contributed by atoms with van der Waals surface area (Å²) < 4.78 is 0. The molecule has 0 aliphatic rings. The van der Waals surface area contributed by atoms with Crippen LogP contribution in [0, 0.1) is 13.8 Å². The first-order valence-electron chi connectivity index (χ1n) is 6.73. The van der Waals surface area contributed by atoms with Crippen LogP contribution in [0.15, 0.2) is 30.3 Å². The summed E-state index contributed by atoms with van der Waals surface area (Å²) in [7, 11) is 0. The smallest absolute Gasteiger partial charge is 0.339 e. The van der Waals surface area contributed by atoms with E-state index in [0.717, 1.165) is 11.1 Å². The summed E-state index contributed by atoms with van der Waals surface area (Å²) in [5, 5.41) is 28.8. The van der Waals surface area contributed by atoms with Crippen molar-refractivity contribution in [2.75, 3.05) is 0 Å². The van der Waals surface area contributed by atoms with Crippen molar-refractivity contribution in [3.05, 3.63) is 58.1 Å². The van der Waals surface area contributed by atoms with Crippen molar-refractivity contribution < 1.29 is 20.1 Å². The molecule has 0 fully saturated rings. The van der Waals surface area contributed by atoms with Gasteiger partial charge in [0.15, 0.2) is 0 Å². The van der Waals surface area contributed by atoms with Crippen LogP contribution in [0.4, 0.5) is 0 Å². The molecule has 0 bridgehead atoms. The van der Waals surface area contributed by atoms with Crippen molar-refractivity contribution >= 4 is 5.97 Å². The van der Waals surface area contributed by atoms with Crippen LogP contribution in [0.3, 0.4) is 0 Å². The Labute approximate surface area is 123 Å². The lowest BCUT2D eigenvalue weighted by Crippen LogP contribution is -2.01. The van der Waals surface area contributed by atoms with Gasteiger partial charge in [-0.2, -0.15) is 0 Å². The fraction of sp³-hybridized carbons (Fsp3) is 0.235. The Morgan fingerprint density at radius 1 is 1.05 bits per heavy atom. The number of rotatable bonds is 4. The second-order valence-corrected chi connectivity index (χ2v) is 5.19. The van der Waals surface area contributed by atoms with Crippen LogP contribution in [0.5, 0.6) is 11.5 Å². The van der Waals surface area contributed by atoms with Crippen LogP contribution in [0.2, 0.25) is 0 Å². The molecule has 21 heavy (non-hydrogen) atoms. The van der Waals surface area contributed by atoms with Gasteiger partial charge in [-0.05, 0) is 49.9 Å². The number of benzene rings is 2. The number of phenolic OH excluding ortho intramolecular Hbond substituents is 1. The largest absolute Gasteiger partial charge is 0.508 e. The molecule has 110 valence electrons. The third-order valence-corrected chi connectivity index (χ3v) is 3.63. The molecule has 0 saturated carbocycles. The van der Waals surface area contributed by atoms with Crippen LogP contribution < -0.4 is 0 Å². The van der Waals surface area contributed by atoms with Gasteiger partial charge in [0.1, 0.15) is 17.1 Å². The van der Waals surface area contributed by atoms with Gasteiger partial charge < -0.3 is 15.3 Å². The first kappa shape index (κ1) is 14.9. The summed E-state index contributed by atoms with van der Waals surface area (Å²) in [5.41, 5.74) is 3.51. The van der Waals surface area contributed by atoms with Gasteiger partial charge >= 0.3 is 5.97 Å². The lowest BCUT2D eigenvalue weighted by Gasteiger charge is -2.11. The van der Waals surface area contributed by atoms with E-state index in [4.69, 9.17) is 5.11 Å². The van der Waals surface area contributed by atoms with Gasteiger partial charge in [-0.15, -0.1) is 0 Å². The van der Waals surface area contributed by atoms with E-state index in [2.05, 4.69) is 6.07 Å². The Morgan fingerprint density at radius 3 is 2.38 bits per heavy atom. The lowest BCUT2D eigenvalue weighted by molar-refractivity contribution is 0.0693. The number of aromatic hydroxyl groups is 2. The third-order valence-electron chi connectivity index (χ3n) is 3.63. The Hall–Kier alpha value is -2.49. The second-order valence-electron chi connectivity index (χ2n) is 5.19. The number of aryl methyl sites for hydroxylation is 3. The van der Waals surface area contributed by atoms with Crippen LogP contribution >= 0.6 is 0 Å². The van der Waals surface area contributed by atoms with Gasteiger partial charge in [0.2, 0.25) is 0 Å². The summed E-state index contributed by atoms with van der Waals surface area (Å²) >= 11 is 0. The number of carboxylic acids is 1. The molecule has 0 amide bonds. The zero-order valence-corrected chi connectivity index (χ0v) is 12.1. The average Bonchev–Trinajstić information content (AvgIpc) is 2.40. The van der Waals surface area contributed by atoms with Crippen molar-refractivity contribution in [1.29, 1.82) is 0 Å². The molecule has 0 atom stereocenters. The molecule has 2 rings (SSSR count). The standard InChI is InChI=1S/C17H18O4/c1-10-3-4-12(11(2)9-10)5-6-13-15(18)8-7-14(16(13)19)17(20)21/h3-4,7-9,18-19H,5-6H2,1-2H3,(H,20,21). The SMILES string of the molecule is Cc1ccc(CCc2c(O)ccc(C(=O)O)c2O)c(C)c1. The number of carbonyl (C=O) groups is 1. The molecule has 4 nitrogen and oxygen atoms in total. The van der Waals surface area contributed by atoms with E-state index < -0.39 is 5.97 Å². The molecule has 0 radical (unpaired) electrons. The lowest BCUT2D eigenvalue weighted by atomic mass is 9.97. The number of carboxylic acid groups (broad SMARTS) is 1. The summed E-state index contributed by atoms with van der Waals surface area (Å²) in [6, 6.07) is 8.60. The molecule has 0 aliphatic carbocycles. The minimum atomic E-state index is -1.21. The van der Waals surface area contributed by atoms with E-state index in [9.17, 15) is 15.0 Å². The van der Waals surface area contributed by atoms with E-state index in [1.807, 2.05) is 26.0 Å². The maximum atomic E-state index is 11.0. The summed E-state index contributed by atoms with van der Waals surface area (Å²) in [5.74, 6) is -1.64. The van der Waals surface area contributed by atoms with Gasteiger partial charge in [-0.1, -0.05) is 23.8 Å². The van der Waals surface area contributed by atoms with Gasteiger partial charge in [-0.3, -0.25) is 0 Å². The highest BCUT2D eigenvalue weighted by Gasteiger charge is 2.17. The second kappa shape index (κ2) is 5.87. The maximum absolute atomic E-state index is 11.0. The number of phenols is 2. The predicted octanol–water partition coefficient (Wildman–Crippen LogP) is 3.20. The van der Waals surface area contributed by atoms with E-state index in [1.54, 1.807) is 0 Å². The van der Waals surface area contributed by atoms with Crippen molar-refractivity contribution in [3.8, 4) is 11.5 Å². The molecular formula is C17H18O4. The molecule has 0 saturated heterocycles. The fourth-order valence-corrected chi connectivity index (χ4v) is 2.43. The average molecular weight is 286 g/mol. The molecule has 0 aliphatic heterocycles. The molecule has 3 N–H and O–H groups in total. The monoisotopic (exact) mass is 286 g/mol. The Morgan fingerprint density at radius 2 is 1.76 bits per heavy atom. The van der Waals surface area contributed by atoms with E-state index >= 15 is 0 Å². The minimum absolute atomic E-state index is 0.0812. The Bertz CT molecular complexity index is 689. The summed E-state index contributed by atoms with van der Waals surface area (Å²) in [6.45, 7) is 4.03. The minimum Gasteiger partial charge on any atom is -0.508 e. The van der Waals surface area contributed by atoms with Gasteiger partial charge in [-0.25, -0.2) is 4.79 Å². The first-order chi connectivity index (χ1) is 9.90. The van der Waals surface area contributed by atoms with Crippen molar-refractivity contribution in [2.45, 2.75) is 26.7 Å². The molecule has 4 heteroatoms. The molecule has 0 aromatic heterocycles. The highest BCUT2D eigenvalue weighted by Crippen LogP contribution is 2.32. The zero-order valence-electron chi connectivity index (χ0n) is 12.1. The molecule has 0 unspecified atom stereocenters. The van der Waals surface area contributed by atoms with Gasteiger partial charge in [0, 0.05) is 5.56 Å². The predicted molar refractivity (Wildman–Crippen MR) is 80.1 cm³/mol. The quantitative estimate of drug-likeness (QED) is 0.806. The fourth-order valence-electron chi connectivity index (χ4n) is 2.43. The van der Waals surface area contributed by atoms with E-state index in [1.165, 1.54) is 17.7 Å². The zero-order chi connectivity index (χ0) is 15.6. The molecule has 0 heterocycles. The highest BCUT2D eigenvalue weighted by molar-refractivity contribution is 5.91. The van der Waals surface area contributed by atoms with Crippen molar-refractivity contribution in [3.63, 3.8) is 0 Å². The van der Waals surface area contributed by atoms with Crippen molar-refractivity contribution in [2.24, 2.45) is 0 Å². The van der Waals surface area contributed by atoms with Gasteiger partial charge in [0.05, 0.1) is 0 Å². The molecule has 2 aromatic carbocycles. The van der Waals surface area contributed by atoms with Gasteiger partial charge in [0.25, 0.3) is 0 Å². The first-order valence-corrected chi connectivity index (χ1v) is 6.73. The van der Waals surface area contributed by atoms with E-state index in [-0.39, 0.29) is 22.6 Å². The number of aromatic carboxylic acids is 1. The molecule has 2 aromatic rings. The van der Waals surface area contributed by atoms with Crippen LogP contribution in [0.25, 0.3) is 0 Å². The molecule has 0 spiro atoms. The normalized spacial score (nSPS) is 10.6. The summed E-state index contributed by atoms with van der Waals surface area (Å²) in [6.07, 6.45) is 0.999. The van der Waals surface area contributed by atoms with E-state index in [0.29, 0.717) is 12.8 Å². The number of hydrogen-bond acceptors (Lipinski definition) is 3. The molecular weight excluding hydrogens is 268 g/mol. The maximum Gasteiger partial charge on any atom is 0.339 e. The third kappa shape index (κ3) is 3.16. The topological polar surface area (TPSA) is 77.8 Å². The van der Waals surface area contributed by atoms with Crippen LogP contribution in [-0.2, 0) is 12.8 Å². The Kier molecular flexibility index (Phi) is 4.17. The summed E-state index contributed by atoms with van der Waals surface area (Å²) in [4.78, 5) is 11.0. The highest BCUT2D eigenvalue weighted by atomic mass is 16.4. The van der Waals surface area contributed by atoms with Crippen LogP contribution in [0.1, 0.15) is 32.6 Å². The Balaban J connectivity index is 2.27. The van der Waals surface area contributed by atoms with Crippen molar-refractivity contribution in [1.82, 2.24) is 0 Å².